The number of hydrogen-bond acceptors (Lipinski definition) is 5. The van der Waals surface area contributed by atoms with Crippen LogP contribution in [0.1, 0.15) is 28.7 Å². The van der Waals surface area contributed by atoms with Crippen LogP contribution >= 0.6 is 34.5 Å². The second kappa shape index (κ2) is 8.14. The van der Waals surface area contributed by atoms with E-state index in [9.17, 15) is 4.79 Å². The molecule has 29 heavy (non-hydrogen) atoms. The van der Waals surface area contributed by atoms with Crippen molar-refractivity contribution in [1.29, 1.82) is 0 Å². The first-order chi connectivity index (χ1) is 13.9. The van der Waals surface area contributed by atoms with Crippen molar-refractivity contribution in [1.82, 2.24) is 14.8 Å². The van der Waals surface area contributed by atoms with Gasteiger partial charge in [0, 0.05) is 26.9 Å². The fourth-order valence-electron chi connectivity index (χ4n) is 3.03. The van der Waals surface area contributed by atoms with Crippen molar-refractivity contribution in [3.05, 3.63) is 69.5 Å². The molecule has 0 saturated carbocycles. The van der Waals surface area contributed by atoms with Crippen LogP contribution < -0.4 is 0 Å². The van der Waals surface area contributed by atoms with Gasteiger partial charge in [-0.2, -0.15) is 5.10 Å². The number of fused-ring (bicyclic) bond motifs is 1. The van der Waals surface area contributed by atoms with Gasteiger partial charge in [0.15, 0.2) is 5.69 Å². The van der Waals surface area contributed by atoms with Gasteiger partial charge in [0.1, 0.15) is 5.01 Å². The van der Waals surface area contributed by atoms with Gasteiger partial charge in [-0.05, 0) is 44.2 Å². The molecule has 2 aromatic carbocycles. The Morgan fingerprint density at radius 2 is 1.90 bits per heavy atom. The number of halogens is 2. The molecule has 4 aromatic rings. The molecule has 0 atom stereocenters. The van der Waals surface area contributed by atoms with Crippen LogP contribution in [0.25, 0.3) is 20.8 Å². The minimum absolute atomic E-state index is 0.294. The van der Waals surface area contributed by atoms with Gasteiger partial charge in [-0.1, -0.05) is 35.3 Å². The number of hydrogen-bond donors (Lipinski definition) is 0. The van der Waals surface area contributed by atoms with Crippen LogP contribution in [0.3, 0.4) is 0 Å². The molecular formula is C21H17Cl2N3O2S. The Hall–Kier alpha value is -2.41. The SMILES string of the molecule is CCOC(=O)c1cc(C)n(Cc2cc(Cl)cc3sc(-c4ccc(Cl)cc4)nc23)n1. The van der Waals surface area contributed by atoms with Gasteiger partial charge >= 0.3 is 5.97 Å². The topological polar surface area (TPSA) is 57.0 Å². The van der Waals surface area contributed by atoms with Crippen LogP contribution in [0, 0.1) is 6.92 Å². The minimum Gasteiger partial charge on any atom is -0.461 e. The Morgan fingerprint density at radius 3 is 2.62 bits per heavy atom. The van der Waals surface area contributed by atoms with E-state index in [4.69, 9.17) is 32.9 Å². The molecule has 0 spiro atoms. The molecule has 0 fully saturated rings. The van der Waals surface area contributed by atoms with Crippen LogP contribution in [-0.2, 0) is 11.3 Å². The fraction of sp³-hybridized carbons (Fsp3) is 0.190. The summed E-state index contributed by atoms with van der Waals surface area (Å²) in [4.78, 5) is 16.8. The maximum atomic E-state index is 12.0. The number of carbonyl (C=O) groups is 1. The molecule has 0 amide bonds. The predicted molar refractivity (Wildman–Crippen MR) is 117 cm³/mol. The number of thiazole rings is 1. The quantitative estimate of drug-likeness (QED) is 0.353. The zero-order chi connectivity index (χ0) is 20.5. The maximum absolute atomic E-state index is 12.0. The minimum atomic E-state index is -0.427. The molecule has 8 heteroatoms. The van der Waals surface area contributed by atoms with E-state index in [2.05, 4.69) is 5.10 Å². The average Bonchev–Trinajstić information content (AvgIpc) is 3.26. The molecule has 0 bridgehead atoms. The number of benzene rings is 2. The van der Waals surface area contributed by atoms with E-state index in [-0.39, 0.29) is 0 Å². The number of rotatable bonds is 5. The van der Waals surface area contributed by atoms with Crippen molar-refractivity contribution in [2.24, 2.45) is 0 Å². The molecule has 2 aromatic heterocycles. The van der Waals surface area contributed by atoms with E-state index in [1.165, 1.54) is 0 Å². The lowest BCUT2D eigenvalue weighted by Gasteiger charge is -2.06. The fourth-order valence-corrected chi connectivity index (χ4v) is 4.52. The number of esters is 1. The highest BCUT2D eigenvalue weighted by atomic mass is 35.5. The average molecular weight is 446 g/mol. The summed E-state index contributed by atoms with van der Waals surface area (Å²) in [5, 5.41) is 6.61. The first kappa shape index (κ1) is 19.9. The summed E-state index contributed by atoms with van der Waals surface area (Å²) in [5.41, 5.74) is 3.96. The Morgan fingerprint density at radius 1 is 1.14 bits per heavy atom. The molecule has 4 rings (SSSR count). The third kappa shape index (κ3) is 4.15. The second-order valence-electron chi connectivity index (χ2n) is 6.49. The lowest BCUT2D eigenvalue weighted by atomic mass is 10.2. The highest BCUT2D eigenvalue weighted by Gasteiger charge is 2.16. The van der Waals surface area contributed by atoms with E-state index >= 15 is 0 Å². The molecule has 2 heterocycles. The van der Waals surface area contributed by atoms with Crippen LogP contribution in [-0.4, -0.2) is 27.3 Å². The van der Waals surface area contributed by atoms with E-state index in [1.54, 1.807) is 29.0 Å². The first-order valence-corrected chi connectivity index (χ1v) is 10.6. The summed E-state index contributed by atoms with van der Waals surface area (Å²) in [6.07, 6.45) is 0. The molecular weight excluding hydrogens is 429 g/mol. The number of nitrogens with zero attached hydrogens (tertiary/aromatic N) is 3. The third-order valence-corrected chi connectivity index (χ3v) is 5.94. The van der Waals surface area contributed by atoms with Crippen LogP contribution in [0.2, 0.25) is 10.0 Å². The number of ether oxygens (including phenoxy) is 1. The largest absolute Gasteiger partial charge is 0.461 e. The van der Waals surface area contributed by atoms with Crippen LogP contribution in [0.4, 0.5) is 0 Å². The molecule has 0 N–H and O–H groups in total. The normalized spacial score (nSPS) is 11.2. The first-order valence-electron chi connectivity index (χ1n) is 9.01. The van der Waals surface area contributed by atoms with Crippen LogP contribution in [0.5, 0.6) is 0 Å². The summed E-state index contributed by atoms with van der Waals surface area (Å²) in [7, 11) is 0. The lowest BCUT2D eigenvalue weighted by Crippen LogP contribution is -2.08. The van der Waals surface area contributed by atoms with Gasteiger partial charge in [-0.15, -0.1) is 11.3 Å². The summed E-state index contributed by atoms with van der Waals surface area (Å²) in [6, 6.07) is 13.1. The molecule has 0 unspecified atom stereocenters. The van der Waals surface area contributed by atoms with E-state index in [1.807, 2.05) is 43.3 Å². The van der Waals surface area contributed by atoms with Gasteiger partial charge in [-0.3, -0.25) is 4.68 Å². The zero-order valence-corrected chi connectivity index (χ0v) is 18.1. The smallest absolute Gasteiger partial charge is 0.358 e. The Balaban J connectivity index is 1.72. The molecule has 0 aliphatic heterocycles. The second-order valence-corrected chi connectivity index (χ2v) is 8.39. The monoisotopic (exact) mass is 445 g/mol. The highest BCUT2D eigenvalue weighted by Crippen LogP contribution is 2.34. The van der Waals surface area contributed by atoms with Gasteiger partial charge in [0.25, 0.3) is 0 Å². The van der Waals surface area contributed by atoms with Crippen molar-refractivity contribution >= 4 is 50.7 Å². The lowest BCUT2D eigenvalue weighted by molar-refractivity contribution is 0.0518. The summed E-state index contributed by atoms with van der Waals surface area (Å²) < 4.78 is 7.80. The Bertz CT molecular complexity index is 1200. The van der Waals surface area contributed by atoms with E-state index in [0.717, 1.165) is 32.0 Å². The molecule has 0 radical (unpaired) electrons. The molecule has 5 nitrogen and oxygen atoms in total. The Kier molecular flexibility index (Phi) is 5.58. The maximum Gasteiger partial charge on any atom is 0.358 e. The third-order valence-electron chi connectivity index (χ3n) is 4.42. The highest BCUT2D eigenvalue weighted by molar-refractivity contribution is 7.21. The van der Waals surface area contributed by atoms with Gasteiger partial charge in [0.2, 0.25) is 0 Å². The van der Waals surface area contributed by atoms with Gasteiger partial charge in [-0.25, -0.2) is 9.78 Å². The summed E-state index contributed by atoms with van der Waals surface area (Å²) in [6.45, 7) is 4.43. The molecule has 148 valence electrons. The number of carbonyl (C=O) groups excluding carboxylic acids is 1. The Labute approximate surface area is 181 Å². The number of aromatic nitrogens is 3. The molecule has 0 saturated heterocycles. The summed E-state index contributed by atoms with van der Waals surface area (Å²) in [5.74, 6) is -0.427. The molecule has 0 aliphatic carbocycles. The van der Waals surface area contributed by atoms with Crippen molar-refractivity contribution in [3.63, 3.8) is 0 Å². The van der Waals surface area contributed by atoms with E-state index < -0.39 is 5.97 Å². The number of aryl methyl sites for hydroxylation is 1. The predicted octanol–water partition coefficient (Wildman–Crippen LogP) is 6.00. The van der Waals surface area contributed by atoms with Gasteiger partial charge in [0.05, 0.1) is 23.4 Å². The van der Waals surface area contributed by atoms with Crippen molar-refractivity contribution in [2.45, 2.75) is 20.4 Å². The summed E-state index contributed by atoms with van der Waals surface area (Å²) >= 11 is 13.9. The molecule has 0 aliphatic rings. The van der Waals surface area contributed by atoms with Crippen molar-refractivity contribution < 1.29 is 9.53 Å². The van der Waals surface area contributed by atoms with Crippen molar-refractivity contribution in [3.8, 4) is 10.6 Å². The van der Waals surface area contributed by atoms with Gasteiger partial charge < -0.3 is 4.74 Å². The standard InChI is InChI=1S/C21H17Cl2N3O2S/c1-3-28-21(27)17-8-12(2)26(25-17)11-14-9-16(23)10-18-19(14)24-20(29-18)13-4-6-15(22)7-5-13/h4-10H,3,11H2,1-2H3. The van der Waals surface area contributed by atoms with E-state index in [0.29, 0.717) is 28.9 Å². The zero-order valence-electron chi connectivity index (χ0n) is 15.8. The van der Waals surface area contributed by atoms with Crippen molar-refractivity contribution in [2.75, 3.05) is 6.61 Å². The van der Waals surface area contributed by atoms with Crippen LogP contribution in [0.15, 0.2) is 42.5 Å².